The van der Waals surface area contributed by atoms with Crippen LogP contribution in [-0.2, 0) is 28.6 Å². The Hall–Kier alpha value is -3.36. The molecule has 194 valence electrons. The number of aliphatic hydroxyl groups is 1. The third kappa shape index (κ3) is 4.49. The first-order chi connectivity index (χ1) is 17.4. The van der Waals surface area contributed by atoms with E-state index in [2.05, 4.69) is 0 Å². The Bertz CT molecular complexity index is 1490. The van der Waals surface area contributed by atoms with Gasteiger partial charge in [0, 0.05) is 11.1 Å². The molecule has 3 aromatic rings. The normalized spacial score (nSPS) is 20.3. The minimum atomic E-state index is -4.22. The molecule has 1 atom stereocenters. The van der Waals surface area contributed by atoms with Gasteiger partial charge in [0.05, 0.1) is 5.56 Å². The summed E-state index contributed by atoms with van der Waals surface area (Å²) in [6.45, 7) is 7.40. The quantitative estimate of drug-likeness (QED) is 0.476. The number of aryl methyl sites for hydroxylation is 2. The molecule has 2 aliphatic heterocycles. The zero-order valence-corrected chi connectivity index (χ0v) is 22.1. The van der Waals surface area contributed by atoms with Gasteiger partial charge in [0.25, 0.3) is 0 Å². The van der Waals surface area contributed by atoms with Gasteiger partial charge < -0.3 is 18.8 Å². The van der Waals surface area contributed by atoms with Crippen LogP contribution < -0.4 is 13.7 Å². The van der Waals surface area contributed by atoms with E-state index in [0.717, 1.165) is 23.1 Å². The van der Waals surface area contributed by atoms with Crippen molar-refractivity contribution >= 4 is 15.9 Å². The highest BCUT2D eigenvalue weighted by Gasteiger charge is 2.48. The largest absolute Gasteiger partial charge is 0.489 e. The minimum absolute atomic E-state index is 0.0240. The average molecular weight is 523 g/mol. The van der Waals surface area contributed by atoms with Crippen molar-refractivity contribution < 1.29 is 32.0 Å². The lowest BCUT2D eigenvalue weighted by Gasteiger charge is -2.37. The second-order valence-corrected chi connectivity index (χ2v) is 11.8. The Kier molecular flexibility index (Phi) is 6.08. The number of ketones is 1. The number of carbonyl (C=O) groups excluding carboxylic acids is 1. The standard InChI is InChI=1S/C29H30O7S/c1-5-19-8-12-23(25(16-19)36-37(32,33)20-9-6-18(2)7-10-20)29(31)17-34-26-21-14-15-28(3,4)35-24(21)13-11-22(26)27(29)30/h6-13,16,31H,5,14-15,17H2,1-4H3. The van der Waals surface area contributed by atoms with Crippen molar-refractivity contribution in [1.29, 1.82) is 0 Å². The fourth-order valence-electron chi connectivity index (χ4n) is 4.79. The molecule has 2 heterocycles. The number of carbonyl (C=O) groups is 1. The molecule has 7 nitrogen and oxygen atoms in total. The van der Waals surface area contributed by atoms with Gasteiger partial charge in [-0.1, -0.05) is 36.8 Å². The SMILES string of the molecule is CCc1ccc(C2(O)COc3c(ccc4c3CCC(C)(C)O4)C2=O)c(OS(=O)(=O)c2ccc(C)cc2)c1. The van der Waals surface area contributed by atoms with Crippen LogP contribution >= 0.6 is 0 Å². The van der Waals surface area contributed by atoms with Gasteiger partial charge in [0.2, 0.25) is 5.78 Å². The number of fused-ring (bicyclic) bond motifs is 3. The molecule has 0 aliphatic carbocycles. The Morgan fingerprint density at radius 1 is 1.05 bits per heavy atom. The van der Waals surface area contributed by atoms with E-state index in [9.17, 15) is 18.3 Å². The summed E-state index contributed by atoms with van der Waals surface area (Å²) in [5.41, 5.74) is 0.291. The van der Waals surface area contributed by atoms with Gasteiger partial charge in [-0.05, 0) is 75.9 Å². The summed E-state index contributed by atoms with van der Waals surface area (Å²) in [4.78, 5) is 13.7. The summed E-state index contributed by atoms with van der Waals surface area (Å²) in [5.74, 6) is 0.380. The topological polar surface area (TPSA) is 99.1 Å². The van der Waals surface area contributed by atoms with Crippen LogP contribution in [0.5, 0.6) is 17.2 Å². The highest BCUT2D eigenvalue weighted by Crippen LogP contribution is 2.46. The van der Waals surface area contributed by atoms with Gasteiger partial charge in [0.1, 0.15) is 34.4 Å². The predicted octanol–water partition coefficient (Wildman–Crippen LogP) is 4.89. The predicted molar refractivity (Wildman–Crippen MR) is 138 cm³/mol. The molecule has 1 N–H and O–H groups in total. The summed E-state index contributed by atoms with van der Waals surface area (Å²) in [7, 11) is -4.22. The second kappa shape index (κ2) is 8.89. The van der Waals surface area contributed by atoms with Gasteiger partial charge in [-0.3, -0.25) is 4.79 Å². The van der Waals surface area contributed by atoms with Crippen LogP contribution in [0.2, 0.25) is 0 Å². The molecule has 0 bridgehead atoms. The maximum atomic E-state index is 13.8. The molecule has 0 saturated carbocycles. The minimum Gasteiger partial charge on any atom is -0.489 e. The number of ether oxygens (including phenoxy) is 2. The molecule has 0 amide bonds. The molecule has 2 aliphatic rings. The molecule has 37 heavy (non-hydrogen) atoms. The first kappa shape index (κ1) is 25.3. The Morgan fingerprint density at radius 3 is 2.49 bits per heavy atom. The highest BCUT2D eigenvalue weighted by atomic mass is 32.2. The van der Waals surface area contributed by atoms with Crippen LogP contribution in [0.1, 0.15) is 59.8 Å². The molecule has 0 radical (unpaired) electrons. The van der Waals surface area contributed by atoms with Crippen molar-refractivity contribution in [3.8, 4) is 17.2 Å². The molecule has 0 fully saturated rings. The molecular formula is C29H30O7S. The van der Waals surface area contributed by atoms with Crippen LogP contribution in [0.3, 0.4) is 0 Å². The van der Waals surface area contributed by atoms with Gasteiger partial charge in [-0.15, -0.1) is 0 Å². The zero-order chi connectivity index (χ0) is 26.6. The van der Waals surface area contributed by atoms with Crippen molar-refractivity contribution in [2.24, 2.45) is 0 Å². The van der Waals surface area contributed by atoms with Crippen molar-refractivity contribution in [3.05, 3.63) is 82.4 Å². The first-order valence-corrected chi connectivity index (χ1v) is 13.7. The average Bonchev–Trinajstić information content (AvgIpc) is 2.85. The van der Waals surface area contributed by atoms with Crippen LogP contribution in [-0.4, -0.2) is 31.5 Å². The Labute approximate surface area is 217 Å². The number of rotatable bonds is 5. The van der Waals surface area contributed by atoms with Gasteiger partial charge in [-0.25, -0.2) is 0 Å². The third-order valence-electron chi connectivity index (χ3n) is 7.04. The van der Waals surface area contributed by atoms with Crippen molar-refractivity contribution in [1.82, 2.24) is 0 Å². The third-order valence-corrected chi connectivity index (χ3v) is 8.28. The number of benzene rings is 3. The van der Waals surface area contributed by atoms with E-state index >= 15 is 0 Å². The molecule has 0 aromatic heterocycles. The van der Waals surface area contributed by atoms with Gasteiger partial charge >= 0.3 is 10.1 Å². The molecule has 5 rings (SSSR count). The van der Waals surface area contributed by atoms with Crippen LogP contribution in [0.4, 0.5) is 0 Å². The van der Waals surface area contributed by atoms with E-state index in [-0.39, 0.29) is 34.0 Å². The van der Waals surface area contributed by atoms with Crippen molar-refractivity contribution in [2.45, 2.75) is 63.1 Å². The molecule has 1 unspecified atom stereocenters. The van der Waals surface area contributed by atoms with Crippen LogP contribution in [0.25, 0.3) is 0 Å². The lowest BCUT2D eigenvalue weighted by molar-refractivity contribution is -0.00680. The lowest BCUT2D eigenvalue weighted by atomic mass is 9.81. The fourth-order valence-corrected chi connectivity index (χ4v) is 5.73. The first-order valence-electron chi connectivity index (χ1n) is 12.3. The molecule has 3 aromatic carbocycles. The summed E-state index contributed by atoms with van der Waals surface area (Å²) in [6.07, 6.45) is 2.03. The van der Waals surface area contributed by atoms with Crippen molar-refractivity contribution in [3.63, 3.8) is 0 Å². The number of hydrogen-bond donors (Lipinski definition) is 1. The Balaban J connectivity index is 1.56. The molecule has 8 heteroatoms. The van der Waals surface area contributed by atoms with Crippen LogP contribution in [0, 0.1) is 6.92 Å². The highest BCUT2D eigenvalue weighted by molar-refractivity contribution is 7.87. The second-order valence-electron chi connectivity index (χ2n) is 10.3. The van der Waals surface area contributed by atoms with E-state index in [1.165, 1.54) is 18.2 Å². The van der Waals surface area contributed by atoms with Crippen LogP contribution in [0.15, 0.2) is 59.5 Å². The summed E-state index contributed by atoms with van der Waals surface area (Å²) >= 11 is 0. The van der Waals surface area contributed by atoms with E-state index in [1.807, 2.05) is 27.7 Å². The molecule has 0 spiro atoms. The zero-order valence-electron chi connectivity index (χ0n) is 21.3. The molecular weight excluding hydrogens is 492 g/mol. The monoisotopic (exact) mass is 522 g/mol. The van der Waals surface area contributed by atoms with E-state index in [4.69, 9.17) is 13.7 Å². The molecule has 0 saturated heterocycles. The fraction of sp³-hybridized carbons (Fsp3) is 0.345. The van der Waals surface area contributed by atoms with Gasteiger partial charge in [-0.2, -0.15) is 8.42 Å². The lowest BCUT2D eigenvalue weighted by Crippen LogP contribution is -2.45. The summed E-state index contributed by atoms with van der Waals surface area (Å²) in [5, 5.41) is 11.7. The Morgan fingerprint density at radius 2 is 1.78 bits per heavy atom. The van der Waals surface area contributed by atoms with E-state index < -0.39 is 21.5 Å². The van der Waals surface area contributed by atoms with E-state index in [0.29, 0.717) is 24.3 Å². The van der Waals surface area contributed by atoms with Gasteiger partial charge in [0.15, 0.2) is 5.60 Å². The summed E-state index contributed by atoms with van der Waals surface area (Å²) < 4.78 is 43.9. The summed E-state index contributed by atoms with van der Waals surface area (Å²) in [6, 6.07) is 14.4. The maximum absolute atomic E-state index is 13.8. The maximum Gasteiger partial charge on any atom is 0.339 e. The number of Topliss-reactive ketones (excluding diaryl/α,β-unsaturated/α-hetero) is 1. The smallest absolute Gasteiger partial charge is 0.339 e. The van der Waals surface area contributed by atoms with E-state index in [1.54, 1.807) is 36.4 Å². The van der Waals surface area contributed by atoms with Crippen molar-refractivity contribution in [2.75, 3.05) is 6.61 Å². The number of hydrogen-bond acceptors (Lipinski definition) is 7.